The van der Waals surface area contributed by atoms with Crippen LogP contribution < -0.4 is 10.9 Å². The lowest BCUT2D eigenvalue weighted by Crippen LogP contribution is -2.41. The minimum Gasteiger partial charge on any atom is -0.451 e. The van der Waals surface area contributed by atoms with Gasteiger partial charge in [0.25, 0.3) is 5.91 Å². The molecule has 2 heterocycles. The van der Waals surface area contributed by atoms with Crippen molar-refractivity contribution < 1.29 is 14.0 Å². The molecule has 0 saturated heterocycles. The lowest BCUT2D eigenvalue weighted by Gasteiger charge is -2.12. The van der Waals surface area contributed by atoms with E-state index >= 15 is 0 Å². The van der Waals surface area contributed by atoms with Gasteiger partial charge in [0.05, 0.1) is 11.1 Å². The van der Waals surface area contributed by atoms with Gasteiger partial charge in [0.15, 0.2) is 5.76 Å². The minimum atomic E-state index is -0.505. The predicted molar refractivity (Wildman–Crippen MR) is 112 cm³/mol. The number of pyridine rings is 1. The zero-order valence-corrected chi connectivity index (χ0v) is 16.4. The van der Waals surface area contributed by atoms with Gasteiger partial charge in [-0.25, -0.2) is 0 Å². The number of hydrogen-bond acceptors (Lipinski definition) is 4. The molecule has 2 N–H and O–H groups in total. The van der Waals surface area contributed by atoms with E-state index < -0.39 is 11.8 Å². The molecule has 146 valence electrons. The van der Waals surface area contributed by atoms with Crippen LogP contribution >= 0.6 is 0 Å². The summed E-state index contributed by atoms with van der Waals surface area (Å²) in [5.74, 6) is -0.574. The minimum absolute atomic E-state index is 0.166. The van der Waals surface area contributed by atoms with E-state index in [2.05, 4.69) is 15.8 Å². The molecule has 0 aliphatic carbocycles. The summed E-state index contributed by atoms with van der Waals surface area (Å²) in [5, 5.41) is 1.59. The second-order valence-corrected chi connectivity index (χ2v) is 7.23. The molecular weight excluding hydrogens is 366 g/mol. The van der Waals surface area contributed by atoms with E-state index in [1.807, 2.05) is 63.2 Å². The normalized spacial score (nSPS) is 11.2. The predicted octanol–water partition coefficient (Wildman–Crippen LogP) is 4.49. The highest BCUT2D eigenvalue weighted by Gasteiger charge is 2.19. The molecule has 0 saturated carbocycles. The molecule has 2 aromatic carbocycles. The van der Waals surface area contributed by atoms with Crippen molar-refractivity contribution in [1.29, 1.82) is 0 Å². The third-order valence-electron chi connectivity index (χ3n) is 4.91. The number of carbonyl (C=O) groups excluding carboxylic acids is 2. The average Bonchev–Trinajstić information content (AvgIpc) is 3.07. The fraction of sp³-hybridized carbons (Fsp3) is 0.174. The molecule has 0 unspecified atom stereocenters. The fourth-order valence-electron chi connectivity index (χ4n) is 3.31. The van der Waals surface area contributed by atoms with Gasteiger partial charge < -0.3 is 4.42 Å². The van der Waals surface area contributed by atoms with Gasteiger partial charge in [-0.2, -0.15) is 0 Å². The zero-order chi connectivity index (χ0) is 20.5. The van der Waals surface area contributed by atoms with Gasteiger partial charge in [-0.15, -0.1) is 0 Å². The number of furan rings is 1. The third-order valence-corrected chi connectivity index (χ3v) is 4.91. The number of nitrogens with zero attached hydrogens (tertiary/aromatic N) is 1. The Bertz CT molecular complexity index is 1240. The van der Waals surface area contributed by atoms with Crippen LogP contribution in [0.2, 0.25) is 0 Å². The molecule has 6 nitrogen and oxygen atoms in total. The highest BCUT2D eigenvalue weighted by molar-refractivity contribution is 6.07. The first-order chi connectivity index (χ1) is 14.0. The highest BCUT2D eigenvalue weighted by atomic mass is 16.3. The van der Waals surface area contributed by atoms with Crippen molar-refractivity contribution in [2.75, 3.05) is 0 Å². The number of carbonyl (C=O) groups is 2. The van der Waals surface area contributed by atoms with Crippen LogP contribution in [-0.4, -0.2) is 16.8 Å². The van der Waals surface area contributed by atoms with Crippen LogP contribution in [0.3, 0.4) is 0 Å². The van der Waals surface area contributed by atoms with Crippen LogP contribution in [0.15, 0.2) is 59.0 Å². The van der Waals surface area contributed by atoms with Crippen molar-refractivity contribution in [2.45, 2.75) is 26.7 Å². The van der Waals surface area contributed by atoms with Gasteiger partial charge in [-0.1, -0.05) is 50.2 Å². The van der Waals surface area contributed by atoms with Crippen molar-refractivity contribution in [3.8, 4) is 0 Å². The number of para-hydroxylation sites is 2. The third kappa shape index (κ3) is 3.45. The van der Waals surface area contributed by atoms with Gasteiger partial charge in [-0.05, 0) is 31.0 Å². The first kappa shape index (κ1) is 18.7. The summed E-state index contributed by atoms with van der Waals surface area (Å²) in [6, 6.07) is 16.6. The average molecular weight is 387 g/mol. The molecular formula is C23H21N3O3. The van der Waals surface area contributed by atoms with Crippen molar-refractivity contribution in [1.82, 2.24) is 15.8 Å². The molecule has 2 amide bonds. The number of nitrogens with one attached hydrogen (secondary N) is 2. The largest absolute Gasteiger partial charge is 0.451 e. The second-order valence-electron chi connectivity index (χ2n) is 7.23. The summed E-state index contributed by atoms with van der Waals surface area (Å²) in [5.41, 5.74) is 8.33. The maximum atomic E-state index is 12.8. The number of aryl methyl sites for hydroxylation is 1. The molecule has 4 rings (SSSR count). The molecule has 6 heteroatoms. The number of hydrazine groups is 1. The molecule has 0 bridgehead atoms. The van der Waals surface area contributed by atoms with Gasteiger partial charge in [-0.3, -0.25) is 25.4 Å². The Kier molecular flexibility index (Phi) is 4.76. The summed E-state index contributed by atoms with van der Waals surface area (Å²) >= 11 is 0. The second kappa shape index (κ2) is 7.39. The van der Waals surface area contributed by atoms with Crippen LogP contribution in [0, 0.1) is 6.92 Å². The van der Waals surface area contributed by atoms with Crippen LogP contribution in [0.1, 0.15) is 51.9 Å². The van der Waals surface area contributed by atoms with E-state index in [1.54, 1.807) is 12.1 Å². The number of hydrogen-bond donors (Lipinski definition) is 2. The maximum absolute atomic E-state index is 12.8. The monoisotopic (exact) mass is 387 g/mol. The van der Waals surface area contributed by atoms with Gasteiger partial charge in [0, 0.05) is 22.0 Å². The SMILES string of the molecule is Cc1c(C(=O)NNC(=O)c2cc(C(C)C)nc3ccccc23)oc2ccccc12. The first-order valence-electron chi connectivity index (χ1n) is 9.44. The fourth-order valence-corrected chi connectivity index (χ4v) is 3.31. The lowest BCUT2D eigenvalue weighted by atomic mass is 10.0. The number of amides is 2. The van der Waals surface area contributed by atoms with Crippen molar-refractivity contribution >= 4 is 33.7 Å². The van der Waals surface area contributed by atoms with Crippen LogP contribution in [-0.2, 0) is 0 Å². The molecule has 4 aromatic rings. The number of aromatic nitrogens is 1. The first-order valence-corrected chi connectivity index (χ1v) is 9.44. The van der Waals surface area contributed by atoms with E-state index in [0.717, 1.165) is 27.5 Å². The Morgan fingerprint density at radius 2 is 1.59 bits per heavy atom. The van der Waals surface area contributed by atoms with Crippen LogP contribution in [0.25, 0.3) is 21.9 Å². The summed E-state index contributed by atoms with van der Waals surface area (Å²) in [6.45, 7) is 5.85. The van der Waals surface area contributed by atoms with Crippen LogP contribution in [0.5, 0.6) is 0 Å². The Morgan fingerprint density at radius 3 is 2.31 bits per heavy atom. The molecule has 0 fully saturated rings. The quantitative estimate of drug-likeness (QED) is 0.507. The molecule has 0 atom stereocenters. The molecule has 29 heavy (non-hydrogen) atoms. The Hall–Kier alpha value is -3.67. The van der Waals surface area contributed by atoms with E-state index in [1.165, 1.54) is 0 Å². The standard InChI is InChI=1S/C23H21N3O3/c1-13(2)19-12-17(16-9-4-6-10-18(16)24-19)22(27)25-26-23(28)21-14(3)15-8-5-7-11-20(15)29-21/h4-13H,1-3H3,(H,25,27)(H,26,28). The summed E-state index contributed by atoms with van der Waals surface area (Å²) in [4.78, 5) is 30.0. The smallest absolute Gasteiger partial charge is 0.305 e. The molecule has 0 aliphatic rings. The Labute approximate surface area is 167 Å². The Morgan fingerprint density at radius 1 is 0.931 bits per heavy atom. The highest BCUT2D eigenvalue weighted by Crippen LogP contribution is 2.25. The van der Waals surface area contributed by atoms with E-state index in [0.29, 0.717) is 11.1 Å². The van der Waals surface area contributed by atoms with E-state index in [9.17, 15) is 9.59 Å². The van der Waals surface area contributed by atoms with Gasteiger partial charge in [0.1, 0.15) is 5.58 Å². The van der Waals surface area contributed by atoms with E-state index in [-0.39, 0.29) is 11.7 Å². The molecule has 0 aliphatic heterocycles. The maximum Gasteiger partial charge on any atom is 0.305 e. The van der Waals surface area contributed by atoms with Crippen molar-refractivity contribution in [3.05, 3.63) is 77.2 Å². The number of benzene rings is 2. The summed E-state index contributed by atoms with van der Waals surface area (Å²) < 4.78 is 5.65. The van der Waals surface area contributed by atoms with Crippen LogP contribution in [0.4, 0.5) is 0 Å². The summed E-state index contributed by atoms with van der Waals surface area (Å²) in [7, 11) is 0. The molecule has 0 radical (unpaired) electrons. The van der Waals surface area contributed by atoms with Crippen molar-refractivity contribution in [3.63, 3.8) is 0 Å². The number of rotatable bonds is 3. The van der Waals surface area contributed by atoms with Crippen molar-refractivity contribution in [2.24, 2.45) is 0 Å². The Balaban J connectivity index is 1.59. The topological polar surface area (TPSA) is 84.2 Å². The van der Waals surface area contributed by atoms with Gasteiger partial charge in [0.2, 0.25) is 0 Å². The molecule has 0 spiro atoms. The lowest BCUT2D eigenvalue weighted by molar-refractivity contribution is 0.0832. The molecule has 2 aromatic heterocycles. The van der Waals surface area contributed by atoms with Gasteiger partial charge >= 0.3 is 5.91 Å². The number of fused-ring (bicyclic) bond motifs is 2. The van der Waals surface area contributed by atoms with E-state index in [4.69, 9.17) is 4.42 Å². The zero-order valence-electron chi connectivity index (χ0n) is 16.4. The summed E-state index contributed by atoms with van der Waals surface area (Å²) in [6.07, 6.45) is 0.